The molecule has 1 heterocycles. The molecule has 104 valence electrons. The molecular weight excluding hydrogens is 341 g/mol. The van der Waals surface area contributed by atoms with Crippen LogP contribution in [0.25, 0.3) is 11.4 Å². The van der Waals surface area contributed by atoms with Crippen LogP contribution in [0.3, 0.4) is 0 Å². The highest BCUT2D eigenvalue weighted by molar-refractivity contribution is 9.10. The van der Waals surface area contributed by atoms with Crippen LogP contribution in [0.2, 0.25) is 0 Å². The summed E-state index contributed by atoms with van der Waals surface area (Å²) in [6.45, 7) is 0. The van der Waals surface area contributed by atoms with Gasteiger partial charge in [0.05, 0.1) is 0 Å². The van der Waals surface area contributed by atoms with Crippen LogP contribution in [0, 0.1) is 5.82 Å². The Kier molecular flexibility index (Phi) is 4.03. The van der Waals surface area contributed by atoms with Crippen molar-refractivity contribution in [2.75, 3.05) is 0 Å². The van der Waals surface area contributed by atoms with E-state index >= 15 is 0 Å². The number of aromatic nitrogens is 2. The molecule has 0 aliphatic rings. The number of benzene rings is 1. The minimum atomic E-state index is -3.07. The third-order valence-corrected chi connectivity index (χ3v) is 3.12. The lowest BCUT2D eigenvalue weighted by atomic mass is 10.2. The first-order valence-corrected chi connectivity index (χ1v) is 6.03. The number of carbonyl (C=O) groups is 1. The molecule has 0 bridgehead atoms. The van der Waals surface area contributed by atoms with Gasteiger partial charge in [0.25, 0.3) is 6.43 Å². The molecule has 0 radical (unpaired) electrons. The van der Waals surface area contributed by atoms with Crippen LogP contribution in [0.1, 0.15) is 22.5 Å². The van der Waals surface area contributed by atoms with Gasteiger partial charge >= 0.3 is 5.97 Å². The van der Waals surface area contributed by atoms with Crippen LogP contribution < -0.4 is 0 Å². The fraction of sp³-hybridized carbons (Fsp3) is 0.0833. The van der Waals surface area contributed by atoms with E-state index in [0.717, 1.165) is 12.3 Å². The van der Waals surface area contributed by atoms with Crippen molar-refractivity contribution < 1.29 is 23.1 Å². The third-order valence-electron chi connectivity index (χ3n) is 2.42. The minimum absolute atomic E-state index is 0.156. The first-order chi connectivity index (χ1) is 9.40. The highest BCUT2D eigenvalue weighted by Gasteiger charge is 2.22. The number of carboxylic acid groups (broad SMARTS) is 1. The number of halogens is 4. The highest BCUT2D eigenvalue weighted by Crippen LogP contribution is 2.29. The van der Waals surface area contributed by atoms with E-state index in [-0.39, 0.29) is 11.4 Å². The van der Waals surface area contributed by atoms with Crippen molar-refractivity contribution in [2.45, 2.75) is 6.43 Å². The Bertz CT molecular complexity index is 680. The van der Waals surface area contributed by atoms with Crippen LogP contribution in [0.5, 0.6) is 0 Å². The van der Waals surface area contributed by atoms with E-state index < -0.39 is 29.5 Å². The molecule has 1 N–H and O–H groups in total. The van der Waals surface area contributed by atoms with E-state index in [9.17, 15) is 18.0 Å². The number of rotatable bonds is 3. The van der Waals surface area contributed by atoms with Crippen LogP contribution in [0.4, 0.5) is 13.2 Å². The molecule has 2 aromatic rings. The second-order valence-electron chi connectivity index (χ2n) is 3.72. The molecule has 0 spiro atoms. The Morgan fingerprint density at radius 1 is 1.35 bits per heavy atom. The lowest BCUT2D eigenvalue weighted by molar-refractivity contribution is 0.0681. The summed E-state index contributed by atoms with van der Waals surface area (Å²) in [4.78, 5) is 18.0. The number of carboxylic acids is 1. The van der Waals surface area contributed by atoms with E-state index in [1.165, 1.54) is 12.1 Å². The van der Waals surface area contributed by atoms with Crippen molar-refractivity contribution in [3.8, 4) is 11.4 Å². The average molecular weight is 347 g/mol. The van der Waals surface area contributed by atoms with Crippen molar-refractivity contribution >= 4 is 21.9 Å². The predicted molar refractivity (Wildman–Crippen MR) is 67.0 cm³/mol. The number of hydrogen-bond acceptors (Lipinski definition) is 3. The molecule has 20 heavy (non-hydrogen) atoms. The fourth-order valence-corrected chi connectivity index (χ4v) is 1.95. The number of alkyl halides is 2. The Balaban J connectivity index is 2.62. The van der Waals surface area contributed by atoms with E-state index in [1.54, 1.807) is 0 Å². The molecule has 0 aliphatic carbocycles. The maximum Gasteiger partial charge on any atom is 0.339 e. The largest absolute Gasteiger partial charge is 0.478 e. The van der Waals surface area contributed by atoms with Crippen molar-refractivity contribution in [2.24, 2.45) is 0 Å². The summed E-state index contributed by atoms with van der Waals surface area (Å²) in [6, 6.07) is 3.61. The number of aromatic carboxylic acids is 1. The molecule has 1 aromatic heterocycles. The molecule has 0 saturated carbocycles. The van der Waals surface area contributed by atoms with Crippen molar-refractivity contribution in [3.63, 3.8) is 0 Å². The van der Waals surface area contributed by atoms with Gasteiger partial charge in [-0.05, 0) is 18.2 Å². The van der Waals surface area contributed by atoms with Crippen molar-refractivity contribution in [1.82, 2.24) is 9.97 Å². The summed E-state index contributed by atoms with van der Waals surface area (Å²) >= 11 is 3.13. The van der Waals surface area contributed by atoms with Gasteiger partial charge < -0.3 is 5.11 Å². The molecule has 0 unspecified atom stereocenters. The molecule has 0 aliphatic heterocycles. The smallest absolute Gasteiger partial charge is 0.339 e. The molecule has 1 aromatic carbocycles. The third kappa shape index (κ3) is 2.79. The normalized spacial score (nSPS) is 10.8. The summed E-state index contributed by atoms with van der Waals surface area (Å²) in [6.07, 6.45) is -2.29. The molecular formula is C12H6BrF3N2O2. The Morgan fingerprint density at radius 3 is 2.65 bits per heavy atom. The van der Waals surface area contributed by atoms with Crippen molar-refractivity contribution in [3.05, 3.63) is 45.9 Å². The Hall–Kier alpha value is -1.96. The first kappa shape index (κ1) is 14.4. The van der Waals surface area contributed by atoms with Gasteiger partial charge in [-0.15, -0.1) is 0 Å². The van der Waals surface area contributed by atoms with Crippen molar-refractivity contribution in [1.29, 1.82) is 0 Å². The monoisotopic (exact) mass is 346 g/mol. The van der Waals surface area contributed by atoms with Gasteiger partial charge in [0.2, 0.25) is 0 Å². The summed E-state index contributed by atoms with van der Waals surface area (Å²) in [5, 5.41) is 8.79. The zero-order valence-electron chi connectivity index (χ0n) is 9.65. The quantitative estimate of drug-likeness (QED) is 0.920. The average Bonchev–Trinajstić information content (AvgIpc) is 2.40. The van der Waals surface area contributed by atoms with Gasteiger partial charge in [-0.2, -0.15) is 0 Å². The minimum Gasteiger partial charge on any atom is -0.478 e. The fourth-order valence-electron chi connectivity index (χ4n) is 1.52. The summed E-state index contributed by atoms with van der Waals surface area (Å²) < 4.78 is 39.2. The molecule has 0 fully saturated rings. The standard InChI is InChI=1S/C12H6BrF3N2O2/c13-8-2-1-5(14)3-6(8)11-17-4-7(12(19)20)9(18-11)10(15)16/h1-4,10H,(H,19,20). The maximum absolute atomic E-state index is 13.2. The van der Waals surface area contributed by atoms with Gasteiger partial charge in [-0.1, -0.05) is 15.9 Å². The lowest BCUT2D eigenvalue weighted by Crippen LogP contribution is -2.08. The zero-order valence-corrected chi connectivity index (χ0v) is 11.2. The highest BCUT2D eigenvalue weighted by atomic mass is 79.9. The van der Waals surface area contributed by atoms with Gasteiger partial charge in [-0.25, -0.2) is 27.9 Å². The topological polar surface area (TPSA) is 63.1 Å². The second-order valence-corrected chi connectivity index (χ2v) is 4.58. The summed E-state index contributed by atoms with van der Waals surface area (Å²) in [7, 11) is 0. The molecule has 8 heteroatoms. The lowest BCUT2D eigenvalue weighted by Gasteiger charge is -2.08. The summed E-state index contributed by atoms with van der Waals surface area (Å²) in [5.74, 6) is -2.32. The van der Waals surface area contributed by atoms with E-state index in [0.29, 0.717) is 4.47 Å². The second kappa shape index (κ2) is 5.58. The zero-order chi connectivity index (χ0) is 14.9. The van der Waals surface area contributed by atoms with E-state index in [1.807, 2.05) is 0 Å². The first-order valence-electron chi connectivity index (χ1n) is 5.24. The molecule has 2 rings (SSSR count). The van der Waals surface area contributed by atoms with Crippen LogP contribution in [-0.2, 0) is 0 Å². The number of nitrogens with zero attached hydrogens (tertiary/aromatic N) is 2. The van der Waals surface area contributed by atoms with Gasteiger partial charge in [0, 0.05) is 16.2 Å². The molecule has 0 saturated heterocycles. The van der Waals surface area contributed by atoms with Crippen LogP contribution in [0.15, 0.2) is 28.9 Å². The van der Waals surface area contributed by atoms with Crippen LogP contribution in [-0.4, -0.2) is 21.0 Å². The van der Waals surface area contributed by atoms with E-state index in [2.05, 4.69) is 25.9 Å². The molecule has 0 atom stereocenters. The summed E-state index contributed by atoms with van der Waals surface area (Å²) in [5.41, 5.74) is -1.43. The van der Waals surface area contributed by atoms with Gasteiger partial charge in [0.15, 0.2) is 5.82 Å². The molecule has 0 amide bonds. The Morgan fingerprint density at radius 2 is 2.05 bits per heavy atom. The predicted octanol–water partition coefficient (Wildman–Crippen LogP) is 3.68. The molecule has 4 nitrogen and oxygen atoms in total. The number of hydrogen-bond donors (Lipinski definition) is 1. The van der Waals surface area contributed by atoms with E-state index in [4.69, 9.17) is 5.11 Å². The maximum atomic E-state index is 13.2. The van der Waals surface area contributed by atoms with Gasteiger partial charge in [-0.3, -0.25) is 0 Å². The van der Waals surface area contributed by atoms with Crippen LogP contribution >= 0.6 is 15.9 Å². The Labute approximate surface area is 119 Å². The SMILES string of the molecule is O=C(O)c1cnc(-c2cc(F)ccc2Br)nc1C(F)F. The van der Waals surface area contributed by atoms with Gasteiger partial charge in [0.1, 0.15) is 17.1 Å².